The van der Waals surface area contributed by atoms with E-state index in [9.17, 15) is 4.79 Å². The van der Waals surface area contributed by atoms with Crippen LogP contribution in [0.5, 0.6) is 0 Å². The Hall–Kier alpha value is -0.810. The summed E-state index contributed by atoms with van der Waals surface area (Å²) in [6.45, 7) is 13.1. The van der Waals surface area contributed by atoms with Crippen molar-refractivity contribution in [2.45, 2.75) is 59.1 Å². The van der Waals surface area contributed by atoms with E-state index in [0.717, 1.165) is 45.5 Å². The summed E-state index contributed by atoms with van der Waals surface area (Å²) in [4.78, 5) is 13.7. The van der Waals surface area contributed by atoms with E-state index in [2.05, 4.69) is 31.4 Å². The zero-order valence-corrected chi connectivity index (χ0v) is 14.7. The number of rotatable bonds is 4. The van der Waals surface area contributed by atoms with E-state index in [1.54, 1.807) is 0 Å². The number of nitrogens with one attached hydrogen (secondary N) is 2. The molecule has 2 saturated heterocycles. The highest BCUT2D eigenvalue weighted by molar-refractivity contribution is 5.74. The number of carbonyl (C=O) groups is 1. The van der Waals surface area contributed by atoms with E-state index < -0.39 is 0 Å². The first kappa shape index (κ1) is 17.5. The Balaban J connectivity index is 1.72. The number of likely N-dealkylation sites (tertiary alicyclic amines) is 1. The van der Waals surface area contributed by atoms with Crippen molar-refractivity contribution in [1.82, 2.24) is 15.5 Å². The quantitative estimate of drug-likeness (QED) is 0.837. The number of nitrogens with zero attached hydrogens (tertiary/aromatic N) is 1. The number of hydrogen-bond donors (Lipinski definition) is 2. The van der Waals surface area contributed by atoms with Crippen molar-refractivity contribution in [2.75, 3.05) is 32.8 Å². The van der Waals surface area contributed by atoms with Crippen LogP contribution in [0.4, 0.5) is 4.79 Å². The van der Waals surface area contributed by atoms with Gasteiger partial charge >= 0.3 is 6.03 Å². The average molecular weight is 311 g/mol. The van der Waals surface area contributed by atoms with E-state index >= 15 is 0 Å². The smallest absolute Gasteiger partial charge is 0.317 e. The van der Waals surface area contributed by atoms with Crippen LogP contribution in [0.3, 0.4) is 0 Å². The number of carbonyl (C=O) groups excluding carboxylic acids is 1. The monoisotopic (exact) mass is 311 g/mol. The second-order valence-corrected chi connectivity index (χ2v) is 7.71. The summed E-state index contributed by atoms with van der Waals surface area (Å²) in [5.41, 5.74) is 0.213. The van der Waals surface area contributed by atoms with Crippen LogP contribution in [0.2, 0.25) is 0 Å². The third-order valence-electron chi connectivity index (χ3n) is 4.85. The molecule has 5 nitrogen and oxygen atoms in total. The van der Waals surface area contributed by atoms with Crippen LogP contribution in [0, 0.1) is 11.3 Å². The highest BCUT2D eigenvalue weighted by Crippen LogP contribution is 2.34. The van der Waals surface area contributed by atoms with Gasteiger partial charge in [0.1, 0.15) is 0 Å². The Morgan fingerprint density at radius 1 is 1.23 bits per heavy atom. The van der Waals surface area contributed by atoms with Gasteiger partial charge in [0.25, 0.3) is 0 Å². The second-order valence-electron chi connectivity index (χ2n) is 7.71. The molecule has 0 radical (unpaired) electrons. The van der Waals surface area contributed by atoms with Gasteiger partial charge in [0, 0.05) is 44.7 Å². The molecule has 2 aliphatic heterocycles. The second kappa shape index (κ2) is 7.64. The van der Waals surface area contributed by atoms with Crippen LogP contribution < -0.4 is 10.6 Å². The molecule has 2 atom stereocenters. The van der Waals surface area contributed by atoms with Gasteiger partial charge in [-0.25, -0.2) is 4.79 Å². The molecule has 2 rings (SSSR count). The van der Waals surface area contributed by atoms with Gasteiger partial charge in [-0.3, -0.25) is 0 Å². The first-order chi connectivity index (χ1) is 10.4. The third kappa shape index (κ3) is 4.59. The van der Waals surface area contributed by atoms with Crippen molar-refractivity contribution >= 4 is 6.03 Å². The predicted molar refractivity (Wildman–Crippen MR) is 89.0 cm³/mol. The molecule has 2 heterocycles. The fourth-order valence-electron chi connectivity index (χ4n) is 3.67. The van der Waals surface area contributed by atoms with E-state index in [1.807, 2.05) is 11.8 Å². The van der Waals surface area contributed by atoms with Gasteiger partial charge in [0.05, 0.1) is 6.10 Å². The molecule has 5 heteroatoms. The van der Waals surface area contributed by atoms with Crippen molar-refractivity contribution in [3.05, 3.63) is 0 Å². The maximum atomic E-state index is 11.8. The summed E-state index contributed by atoms with van der Waals surface area (Å²) < 4.78 is 5.94. The van der Waals surface area contributed by atoms with Crippen LogP contribution in [0.15, 0.2) is 0 Å². The summed E-state index contributed by atoms with van der Waals surface area (Å²) in [6.07, 6.45) is 3.61. The van der Waals surface area contributed by atoms with Crippen LogP contribution in [0.25, 0.3) is 0 Å². The molecule has 0 aliphatic carbocycles. The average Bonchev–Trinajstić information content (AvgIpc) is 2.94. The summed E-state index contributed by atoms with van der Waals surface area (Å²) in [6, 6.07) is 0.616. The number of piperidine rings is 1. The molecule has 0 aromatic heterocycles. The topological polar surface area (TPSA) is 53.6 Å². The highest BCUT2D eigenvalue weighted by atomic mass is 16.5. The minimum atomic E-state index is 0.0814. The molecule has 2 aliphatic rings. The Labute approximate surface area is 135 Å². The zero-order chi connectivity index (χ0) is 16.2. The van der Waals surface area contributed by atoms with Crippen LogP contribution in [0.1, 0.15) is 47.0 Å². The van der Waals surface area contributed by atoms with Gasteiger partial charge in [0.2, 0.25) is 0 Å². The fourth-order valence-corrected chi connectivity index (χ4v) is 3.67. The van der Waals surface area contributed by atoms with Crippen LogP contribution in [-0.2, 0) is 4.74 Å². The maximum Gasteiger partial charge on any atom is 0.317 e. The minimum absolute atomic E-state index is 0.0814. The predicted octanol–water partition coefficient (Wildman–Crippen LogP) is 2.22. The number of hydrogen-bond acceptors (Lipinski definition) is 3. The maximum absolute atomic E-state index is 11.8. The molecule has 0 unspecified atom stereocenters. The Bertz CT molecular complexity index is 359. The lowest BCUT2D eigenvalue weighted by Gasteiger charge is -2.35. The van der Waals surface area contributed by atoms with E-state index in [1.165, 1.54) is 0 Å². The van der Waals surface area contributed by atoms with Crippen LogP contribution >= 0.6 is 0 Å². The molecule has 0 bridgehead atoms. The molecule has 2 amide bonds. The lowest BCUT2D eigenvalue weighted by atomic mass is 9.81. The molecule has 0 saturated carbocycles. The van der Waals surface area contributed by atoms with Gasteiger partial charge < -0.3 is 20.3 Å². The third-order valence-corrected chi connectivity index (χ3v) is 4.85. The normalized spacial score (nSPS) is 27.2. The number of amides is 2. The Morgan fingerprint density at radius 3 is 2.50 bits per heavy atom. The fraction of sp³-hybridized carbons (Fsp3) is 0.941. The minimum Gasteiger partial charge on any atom is -0.377 e. The SMILES string of the molecule is CCNC(=O)N1CCC(NC[C@H]2CCO[C@@H]2C(C)(C)C)CC1. The molecule has 0 aromatic rings. The molecule has 128 valence electrons. The van der Waals surface area contributed by atoms with Crippen molar-refractivity contribution in [2.24, 2.45) is 11.3 Å². The lowest BCUT2D eigenvalue weighted by molar-refractivity contribution is 0.00646. The number of urea groups is 1. The molecule has 22 heavy (non-hydrogen) atoms. The van der Waals surface area contributed by atoms with Crippen LogP contribution in [-0.4, -0.2) is 55.9 Å². The van der Waals surface area contributed by atoms with Gasteiger partial charge in [-0.2, -0.15) is 0 Å². The van der Waals surface area contributed by atoms with Gasteiger partial charge in [-0.1, -0.05) is 20.8 Å². The molecular formula is C17H33N3O2. The Morgan fingerprint density at radius 2 is 1.91 bits per heavy atom. The standard InChI is InChI=1S/C17H33N3O2/c1-5-18-16(21)20-9-6-14(7-10-20)19-12-13-8-11-22-15(13)17(2,3)4/h13-15,19H,5-12H2,1-4H3,(H,18,21)/t13-,15+/m1/s1. The summed E-state index contributed by atoms with van der Waals surface area (Å²) in [5, 5.41) is 6.60. The number of ether oxygens (including phenoxy) is 1. The highest BCUT2D eigenvalue weighted by Gasteiger charge is 2.37. The summed E-state index contributed by atoms with van der Waals surface area (Å²) >= 11 is 0. The molecule has 0 spiro atoms. The van der Waals surface area contributed by atoms with Crippen molar-refractivity contribution in [1.29, 1.82) is 0 Å². The summed E-state index contributed by atoms with van der Waals surface area (Å²) in [5.74, 6) is 0.612. The van der Waals surface area contributed by atoms with Crippen molar-refractivity contribution in [3.8, 4) is 0 Å². The molecule has 2 fully saturated rings. The van der Waals surface area contributed by atoms with E-state index in [4.69, 9.17) is 4.74 Å². The van der Waals surface area contributed by atoms with Crippen molar-refractivity contribution < 1.29 is 9.53 Å². The Kier molecular flexibility index (Phi) is 6.09. The van der Waals surface area contributed by atoms with Gasteiger partial charge in [0.15, 0.2) is 0 Å². The molecule has 0 aromatic carbocycles. The summed E-state index contributed by atoms with van der Waals surface area (Å²) in [7, 11) is 0. The van der Waals surface area contributed by atoms with E-state index in [0.29, 0.717) is 24.6 Å². The van der Waals surface area contributed by atoms with Crippen molar-refractivity contribution in [3.63, 3.8) is 0 Å². The molecule has 2 N–H and O–H groups in total. The lowest BCUT2D eigenvalue weighted by Crippen LogP contribution is -2.49. The first-order valence-electron chi connectivity index (χ1n) is 8.79. The van der Waals surface area contributed by atoms with Gasteiger partial charge in [-0.15, -0.1) is 0 Å². The van der Waals surface area contributed by atoms with E-state index in [-0.39, 0.29) is 11.4 Å². The zero-order valence-electron chi connectivity index (χ0n) is 14.7. The molecular weight excluding hydrogens is 278 g/mol. The van der Waals surface area contributed by atoms with Gasteiger partial charge in [-0.05, 0) is 31.6 Å². The largest absolute Gasteiger partial charge is 0.377 e. The first-order valence-corrected chi connectivity index (χ1v) is 8.79.